The zero-order valence-corrected chi connectivity index (χ0v) is 14.8. The van der Waals surface area contributed by atoms with Crippen LogP contribution in [0.2, 0.25) is 0 Å². The maximum atomic E-state index is 8.59. The van der Waals surface area contributed by atoms with Gasteiger partial charge in [0.1, 0.15) is 0 Å². The van der Waals surface area contributed by atoms with Crippen LogP contribution < -0.4 is 0 Å². The highest BCUT2D eigenvalue weighted by Gasteiger charge is 2.08. The molecule has 2 rings (SSSR count). The number of ether oxygens (including phenoxy) is 3. The van der Waals surface area contributed by atoms with Crippen molar-refractivity contribution in [2.75, 3.05) is 39.6 Å². The summed E-state index contributed by atoms with van der Waals surface area (Å²) >= 11 is 0. The van der Waals surface area contributed by atoms with E-state index in [0.29, 0.717) is 39.6 Å². The van der Waals surface area contributed by atoms with E-state index in [9.17, 15) is 0 Å². The fourth-order valence-corrected chi connectivity index (χ4v) is 2.64. The molecule has 1 heterocycles. The van der Waals surface area contributed by atoms with Crippen molar-refractivity contribution in [3.8, 4) is 0 Å². The molecule has 0 aliphatic rings. The number of aliphatic hydroxyl groups is 1. The number of pyridine rings is 1. The van der Waals surface area contributed by atoms with E-state index in [1.165, 1.54) is 27.6 Å². The van der Waals surface area contributed by atoms with Gasteiger partial charge in [0.05, 0.1) is 51.8 Å². The zero-order chi connectivity index (χ0) is 17.4. The van der Waals surface area contributed by atoms with E-state index >= 15 is 0 Å². The Morgan fingerprint density at radius 3 is 2.29 bits per heavy atom. The first kappa shape index (κ1) is 18.8. The van der Waals surface area contributed by atoms with Gasteiger partial charge in [-0.2, -0.15) is 0 Å². The molecule has 0 spiro atoms. The molecule has 0 fully saturated rings. The Morgan fingerprint density at radius 2 is 1.58 bits per heavy atom. The summed E-state index contributed by atoms with van der Waals surface area (Å²) in [4.78, 5) is 4.54. The standard InChI is InChI=1S/C19H27NO4/c1-14-10-17(13-24-9-8-23-7-6-22-5-4-21)19-16(3)15(2)12-20-18(19)11-14/h10-12,21H,4-9,13H2,1-3H3. The van der Waals surface area contributed by atoms with Gasteiger partial charge in [-0.25, -0.2) is 0 Å². The van der Waals surface area contributed by atoms with Crippen LogP contribution in [0.15, 0.2) is 18.3 Å². The van der Waals surface area contributed by atoms with E-state index in [-0.39, 0.29) is 6.61 Å². The third kappa shape index (κ3) is 5.24. The molecule has 0 atom stereocenters. The Bertz CT molecular complexity index is 657. The third-order valence-electron chi connectivity index (χ3n) is 3.94. The number of hydrogen-bond donors (Lipinski definition) is 1. The highest BCUT2D eigenvalue weighted by molar-refractivity contribution is 5.86. The van der Waals surface area contributed by atoms with Gasteiger partial charge in [-0.05, 0) is 49.1 Å². The summed E-state index contributed by atoms with van der Waals surface area (Å²) in [6.45, 7) is 9.31. The minimum atomic E-state index is 0.0430. The van der Waals surface area contributed by atoms with Crippen LogP contribution in [0.1, 0.15) is 22.3 Å². The minimum absolute atomic E-state index is 0.0430. The quantitative estimate of drug-likeness (QED) is 0.678. The average molecular weight is 333 g/mol. The summed E-state index contributed by atoms with van der Waals surface area (Å²) in [6.07, 6.45) is 1.93. The van der Waals surface area contributed by atoms with Crippen LogP contribution in [-0.4, -0.2) is 49.7 Å². The van der Waals surface area contributed by atoms with Crippen molar-refractivity contribution in [2.24, 2.45) is 0 Å². The molecule has 5 nitrogen and oxygen atoms in total. The number of nitrogens with zero attached hydrogens (tertiary/aromatic N) is 1. The van der Waals surface area contributed by atoms with Gasteiger partial charge >= 0.3 is 0 Å². The topological polar surface area (TPSA) is 60.8 Å². The van der Waals surface area contributed by atoms with Crippen LogP contribution in [0.5, 0.6) is 0 Å². The molecule has 1 aromatic heterocycles. The lowest BCUT2D eigenvalue weighted by molar-refractivity contribution is 0.00465. The lowest BCUT2D eigenvalue weighted by Gasteiger charge is -2.13. The predicted octanol–water partition coefficient (Wildman–Crippen LogP) is 2.70. The summed E-state index contributed by atoms with van der Waals surface area (Å²) < 4.78 is 16.3. The van der Waals surface area contributed by atoms with Gasteiger partial charge in [0.15, 0.2) is 0 Å². The van der Waals surface area contributed by atoms with E-state index in [2.05, 4.69) is 37.9 Å². The molecule has 1 N–H and O–H groups in total. The molecule has 0 radical (unpaired) electrons. The normalized spacial score (nSPS) is 11.3. The number of hydrogen-bond acceptors (Lipinski definition) is 5. The summed E-state index contributed by atoms with van der Waals surface area (Å²) in [6, 6.07) is 4.28. The van der Waals surface area contributed by atoms with Crippen molar-refractivity contribution in [2.45, 2.75) is 27.4 Å². The number of fused-ring (bicyclic) bond motifs is 1. The van der Waals surface area contributed by atoms with Crippen molar-refractivity contribution in [1.82, 2.24) is 4.98 Å². The number of aromatic nitrogens is 1. The van der Waals surface area contributed by atoms with Crippen molar-refractivity contribution in [3.63, 3.8) is 0 Å². The van der Waals surface area contributed by atoms with Crippen molar-refractivity contribution in [3.05, 3.63) is 40.6 Å². The van der Waals surface area contributed by atoms with E-state index in [1.54, 1.807) is 0 Å². The SMILES string of the molecule is Cc1cc(COCCOCCOCCO)c2c(C)c(C)cnc2c1. The third-order valence-corrected chi connectivity index (χ3v) is 3.94. The lowest BCUT2D eigenvalue weighted by atomic mass is 9.99. The first-order valence-corrected chi connectivity index (χ1v) is 8.33. The van der Waals surface area contributed by atoms with Gasteiger partial charge in [0.25, 0.3) is 0 Å². The summed E-state index contributed by atoms with van der Waals surface area (Å²) in [5, 5.41) is 9.78. The molecule has 5 heteroatoms. The highest BCUT2D eigenvalue weighted by atomic mass is 16.5. The van der Waals surface area contributed by atoms with Crippen LogP contribution in [0.3, 0.4) is 0 Å². The first-order valence-electron chi connectivity index (χ1n) is 8.33. The second-order valence-corrected chi connectivity index (χ2v) is 5.89. The van der Waals surface area contributed by atoms with Gasteiger partial charge < -0.3 is 19.3 Å². The maximum Gasteiger partial charge on any atom is 0.0724 e. The second-order valence-electron chi connectivity index (χ2n) is 5.89. The highest BCUT2D eigenvalue weighted by Crippen LogP contribution is 2.25. The lowest BCUT2D eigenvalue weighted by Crippen LogP contribution is -2.11. The summed E-state index contributed by atoms with van der Waals surface area (Å²) in [5.74, 6) is 0. The van der Waals surface area contributed by atoms with Crippen LogP contribution >= 0.6 is 0 Å². The Balaban J connectivity index is 1.85. The number of benzene rings is 1. The van der Waals surface area contributed by atoms with Crippen molar-refractivity contribution in [1.29, 1.82) is 0 Å². The molecule has 0 bridgehead atoms. The largest absolute Gasteiger partial charge is 0.394 e. The Kier molecular flexibility index (Phi) is 7.59. The molecule has 0 unspecified atom stereocenters. The molecule has 2 aromatic rings. The van der Waals surface area contributed by atoms with Gasteiger partial charge in [-0.1, -0.05) is 6.07 Å². The first-order chi connectivity index (χ1) is 11.6. The number of aryl methyl sites for hydroxylation is 3. The molecular weight excluding hydrogens is 306 g/mol. The van der Waals surface area contributed by atoms with E-state index in [0.717, 1.165) is 5.52 Å². The van der Waals surface area contributed by atoms with E-state index < -0.39 is 0 Å². The molecule has 0 aliphatic heterocycles. The monoisotopic (exact) mass is 333 g/mol. The van der Waals surface area contributed by atoms with Gasteiger partial charge in [0, 0.05) is 11.6 Å². The number of aliphatic hydroxyl groups excluding tert-OH is 1. The Labute approximate surface area is 143 Å². The summed E-state index contributed by atoms with van der Waals surface area (Å²) in [7, 11) is 0. The number of rotatable bonds is 10. The van der Waals surface area contributed by atoms with Crippen LogP contribution in [0.4, 0.5) is 0 Å². The maximum absolute atomic E-state index is 8.59. The van der Waals surface area contributed by atoms with Gasteiger partial charge in [-0.3, -0.25) is 4.98 Å². The predicted molar refractivity (Wildman–Crippen MR) is 94.3 cm³/mol. The summed E-state index contributed by atoms with van der Waals surface area (Å²) in [5.41, 5.74) is 5.84. The van der Waals surface area contributed by atoms with Crippen molar-refractivity contribution >= 4 is 10.9 Å². The molecular formula is C19H27NO4. The minimum Gasteiger partial charge on any atom is -0.394 e. The smallest absolute Gasteiger partial charge is 0.0724 e. The Hall–Kier alpha value is -1.53. The van der Waals surface area contributed by atoms with E-state index in [4.69, 9.17) is 19.3 Å². The molecule has 132 valence electrons. The molecule has 0 saturated carbocycles. The fraction of sp³-hybridized carbons (Fsp3) is 0.526. The molecule has 24 heavy (non-hydrogen) atoms. The van der Waals surface area contributed by atoms with Gasteiger partial charge in [0.2, 0.25) is 0 Å². The second kappa shape index (κ2) is 9.69. The fourth-order valence-electron chi connectivity index (χ4n) is 2.64. The van der Waals surface area contributed by atoms with E-state index in [1.807, 2.05) is 6.20 Å². The average Bonchev–Trinajstić information content (AvgIpc) is 2.56. The van der Waals surface area contributed by atoms with Crippen LogP contribution in [0.25, 0.3) is 10.9 Å². The molecule has 0 amide bonds. The van der Waals surface area contributed by atoms with Gasteiger partial charge in [-0.15, -0.1) is 0 Å². The Morgan fingerprint density at radius 1 is 0.917 bits per heavy atom. The molecule has 0 aliphatic carbocycles. The van der Waals surface area contributed by atoms with Crippen molar-refractivity contribution < 1.29 is 19.3 Å². The van der Waals surface area contributed by atoms with Crippen LogP contribution in [0, 0.1) is 20.8 Å². The van der Waals surface area contributed by atoms with Crippen LogP contribution in [-0.2, 0) is 20.8 Å². The molecule has 1 aromatic carbocycles. The zero-order valence-electron chi connectivity index (χ0n) is 14.8. The molecule has 0 saturated heterocycles.